The Morgan fingerprint density at radius 1 is 1.21 bits per heavy atom. The maximum absolute atomic E-state index is 11.7. The number of benzene rings is 1. The van der Waals surface area contributed by atoms with Crippen LogP contribution in [0, 0.1) is 0 Å². The van der Waals surface area contributed by atoms with E-state index < -0.39 is 11.4 Å². The molecule has 2 aromatic rings. The molecule has 0 unspecified atom stereocenters. The van der Waals surface area contributed by atoms with Gasteiger partial charge in [-0.15, -0.1) is 0 Å². The van der Waals surface area contributed by atoms with E-state index in [4.69, 9.17) is 4.74 Å². The van der Waals surface area contributed by atoms with Crippen LogP contribution in [-0.2, 0) is 4.74 Å². The average Bonchev–Trinajstić information content (AvgIpc) is 2.46. The van der Waals surface area contributed by atoms with Crippen molar-refractivity contribution in [3.05, 3.63) is 46.2 Å². The van der Waals surface area contributed by atoms with Crippen LogP contribution in [0.25, 0.3) is 11.3 Å². The highest BCUT2D eigenvalue weighted by Gasteiger charge is 2.13. The van der Waals surface area contributed by atoms with Crippen molar-refractivity contribution in [2.45, 2.75) is 0 Å². The molecule has 1 aromatic heterocycles. The SMILES string of the molecule is COC(=O)c1n[nH]c(-c2ccc(OC)cc2)cc1=O. The lowest BCUT2D eigenvalue weighted by molar-refractivity contribution is 0.0591. The zero-order valence-electron chi connectivity index (χ0n) is 10.5. The summed E-state index contributed by atoms with van der Waals surface area (Å²) >= 11 is 0. The van der Waals surface area contributed by atoms with Gasteiger partial charge in [-0.05, 0) is 29.8 Å². The van der Waals surface area contributed by atoms with Crippen LogP contribution in [0.15, 0.2) is 35.1 Å². The molecule has 0 amide bonds. The van der Waals surface area contributed by atoms with Crippen LogP contribution in [0.5, 0.6) is 5.75 Å². The summed E-state index contributed by atoms with van der Waals surface area (Å²) in [5, 5.41) is 6.38. The van der Waals surface area contributed by atoms with Crippen LogP contribution < -0.4 is 10.2 Å². The first-order valence-corrected chi connectivity index (χ1v) is 5.48. The normalized spacial score (nSPS) is 10.0. The molecule has 0 aliphatic rings. The second-order valence-corrected chi connectivity index (χ2v) is 3.71. The molecule has 1 heterocycles. The van der Waals surface area contributed by atoms with Gasteiger partial charge in [-0.25, -0.2) is 4.79 Å². The second kappa shape index (κ2) is 5.34. The molecule has 0 aliphatic carbocycles. The number of rotatable bonds is 3. The minimum absolute atomic E-state index is 0.264. The number of H-pyrrole nitrogens is 1. The molecule has 0 saturated heterocycles. The number of aromatic amines is 1. The summed E-state index contributed by atoms with van der Waals surface area (Å²) in [6, 6.07) is 8.40. The smallest absolute Gasteiger partial charge is 0.362 e. The number of hydrogen-bond acceptors (Lipinski definition) is 5. The monoisotopic (exact) mass is 260 g/mol. The molecule has 6 heteroatoms. The Kier molecular flexibility index (Phi) is 3.61. The Hall–Kier alpha value is -2.63. The second-order valence-electron chi connectivity index (χ2n) is 3.71. The number of nitrogens with zero attached hydrogens (tertiary/aromatic N) is 1. The van der Waals surface area contributed by atoms with Gasteiger partial charge in [0, 0.05) is 6.07 Å². The van der Waals surface area contributed by atoms with Gasteiger partial charge in [0.25, 0.3) is 0 Å². The lowest BCUT2D eigenvalue weighted by atomic mass is 10.1. The van der Waals surface area contributed by atoms with E-state index in [1.54, 1.807) is 31.4 Å². The molecule has 0 aliphatic heterocycles. The maximum atomic E-state index is 11.7. The first-order chi connectivity index (χ1) is 9.15. The summed E-state index contributed by atoms with van der Waals surface area (Å²) in [5.74, 6) is -0.0484. The van der Waals surface area contributed by atoms with E-state index in [9.17, 15) is 9.59 Å². The highest BCUT2D eigenvalue weighted by atomic mass is 16.5. The van der Waals surface area contributed by atoms with Crippen LogP contribution in [0.4, 0.5) is 0 Å². The molecular weight excluding hydrogens is 248 g/mol. The van der Waals surface area contributed by atoms with Crippen molar-refractivity contribution in [2.24, 2.45) is 0 Å². The Bertz CT molecular complexity index is 646. The molecule has 0 atom stereocenters. The minimum atomic E-state index is -0.762. The summed E-state index contributed by atoms with van der Waals surface area (Å²) in [6.45, 7) is 0. The van der Waals surface area contributed by atoms with Crippen molar-refractivity contribution >= 4 is 5.97 Å². The third-order valence-electron chi connectivity index (χ3n) is 2.58. The number of ether oxygens (including phenoxy) is 2. The van der Waals surface area contributed by atoms with E-state index in [-0.39, 0.29) is 5.69 Å². The summed E-state index contributed by atoms with van der Waals surface area (Å²) in [4.78, 5) is 23.0. The van der Waals surface area contributed by atoms with Crippen molar-refractivity contribution in [1.82, 2.24) is 10.2 Å². The van der Waals surface area contributed by atoms with Crippen LogP contribution in [0.1, 0.15) is 10.5 Å². The van der Waals surface area contributed by atoms with Crippen LogP contribution in [0.2, 0.25) is 0 Å². The molecule has 6 nitrogen and oxygen atoms in total. The summed E-state index contributed by atoms with van der Waals surface area (Å²) < 4.78 is 9.50. The number of carbonyl (C=O) groups excluding carboxylic acids is 1. The van der Waals surface area contributed by atoms with Crippen molar-refractivity contribution in [1.29, 1.82) is 0 Å². The van der Waals surface area contributed by atoms with Gasteiger partial charge < -0.3 is 9.47 Å². The fourth-order valence-electron chi connectivity index (χ4n) is 1.56. The van der Waals surface area contributed by atoms with Gasteiger partial charge in [0.15, 0.2) is 0 Å². The van der Waals surface area contributed by atoms with Crippen LogP contribution >= 0.6 is 0 Å². The fourth-order valence-corrected chi connectivity index (χ4v) is 1.56. The lowest BCUT2D eigenvalue weighted by Gasteiger charge is -2.04. The fraction of sp³-hybridized carbons (Fsp3) is 0.154. The molecule has 0 bridgehead atoms. The minimum Gasteiger partial charge on any atom is -0.497 e. The van der Waals surface area contributed by atoms with Gasteiger partial charge in [0.05, 0.1) is 19.9 Å². The molecule has 1 aromatic carbocycles. The van der Waals surface area contributed by atoms with E-state index in [1.807, 2.05) is 0 Å². The first kappa shape index (κ1) is 12.8. The first-order valence-electron chi connectivity index (χ1n) is 5.48. The van der Waals surface area contributed by atoms with Crippen LogP contribution in [-0.4, -0.2) is 30.4 Å². The Labute approximate surface area is 109 Å². The summed E-state index contributed by atoms with van der Waals surface area (Å²) in [6.07, 6.45) is 0. The van der Waals surface area contributed by atoms with Crippen molar-refractivity contribution < 1.29 is 14.3 Å². The number of methoxy groups -OCH3 is 2. The summed E-state index contributed by atoms with van der Waals surface area (Å²) in [7, 11) is 2.77. The van der Waals surface area contributed by atoms with Crippen LogP contribution in [0.3, 0.4) is 0 Å². The largest absolute Gasteiger partial charge is 0.497 e. The predicted octanol–water partition coefficient (Wildman–Crippen LogP) is 1.23. The van der Waals surface area contributed by atoms with Crippen molar-refractivity contribution in [2.75, 3.05) is 14.2 Å². The van der Waals surface area contributed by atoms with Gasteiger partial charge in [-0.1, -0.05) is 0 Å². The molecule has 19 heavy (non-hydrogen) atoms. The predicted molar refractivity (Wildman–Crippen MR) is 68.2 cm³/mol. The van der Waals surface area contributed by atoms with Gasteiger partial charge in [0.1, 0.15) is 5.75 Å². The Morgan fingerprint density at radius 2 is 1.89 bits per heavy atom. The summed E-state index contributed by atoms with van der Waals surface area (Å²) in [5.41, 5.74) is 0.526. The number of hydrogen-bond donors (Lipinski definition) is 1. The van der Waals surface area contributed by atoms with Gasteiger partial charge in [0.2, 0.25) is 11.1 Å². The molecule has 2 rings (SSSR count). The topological polar surface area (TPSA) is 81.3 Å². The Morgan fingerprint density at radius 3 is 2.42 bits per heavy atom. The van der Waals surface area contributed by atoms with Gasteiger partial charge in [-0.2, -0.15) is 5.10 Å². The molecule has 0 fully saturated rings. The molecule has 0 radical (unpaired) electrons. The number of carbonyl (C=O) groups is 1. The molecular formula is C13H12N2O4. The molecule has 1 N–H and O–H groups in total. The highest BCUT2D eigenvalue weighted by molar-refractivity contribution is 5.87. The Balaban J connectivity index is 2.38. The number of aromatic nitrogens is 2. The molecule has 0 saturated carbocycles. The number of nitrogens with one attached hydrogen (secondary N) is 1. The van der Waals surface area contributed by atoms with Crippen molar-refractivity contribution in [3.8, 4) is 17.0 Å². The van der Waals surface area contributed by atoms with E-state index in [1.165, 1.54) is 13.2 Å². The third kappa shape index (κ3) is 2.62. The highest BCUT2D eigenvalue weighted by Crippen LogP contribution is 2.18. The van der Waals surface area contributed by atoms with Gasteiger partial charge in [-0.3, -0.25) is 9.89 Å². The third-order valence-corrected chi connectivity index (χ3v) is 2.58. The van der Waals surface area contributed by atoms with E-state index in [0.29, 0.717) is 11.4 Å². The van der Waals surface area contributed by atoms with E-state index >= 15 is 0 Å². The zero-order valence-corrected chi connectivity index (χ0v) is 10.5. The quantitative estimate of drug-likeness (QED) is 0.839. The van der Waals surface area contributed by atoms with E-state index in [2.05, 4.69) is 14.9 Å². The van der Waals surface area contributed by atoms with Crippen molar-refractivity contribution in [3.63, 3.8) is 0 Å². The maximum Gasteiger partial charge on any atom is 0.362 e. The molecule has 98 valence electrons. The van der Waals surface area contributed by atoms with E-state index in [0.717, 1.165) is 5.56 Å². The lowest BCUT2D eigenvalue weighted by Crippen LogP contribution is -2.19. The molecule has 0 spiro atoms. The van der Waals surface area contributed by atoms with Gasteiger partial charge >= 0.3 is 5.97 Å². The average molecular weight is 260 g/mol. The standard InChI is InChI=1S/C13H12N2O4/c1-18-9-5-3-8(4-6-9)10-7-11(16)12(15-14-10)13(17)19-2/h3-7H,1-2H3,(H,14,16). The number of esters is 1. The zero-order chi connectivity index (χ0) is 13.8.